The summed E-state index contributed by atoms with van der Waals surface area (Å²) in [5.74, 6) is 1.83. The van der Waals surface area contributed by atoms with Gasteiger partial charge < -0.3 is 4.74 Å². The Labute approximate surface area is 153 Å². The van der Waals surface area contributed by atoms with Crippen molar-refractivity contribution in [3.05, 3.63) is 42.0 Å². The maximum atomic E-state index is 6.27. The molecule has 0 saturated heterocycles. The molecule has 1 aliphatic rings. The largest absolute Gasteiger partial charge is 0.493 e. The summed E-state index contributed by atoms with van der Waals surface area (Å²) in [4.78, 5) is 0. The molecule has 3 rings (SSSR count). The molecule has 0 N–H and O–H groups in total. The minimum absolute atomic E-state index is 0.755. The quantitative estimate of drug-likeness (QED) is 0.435. The summed E-state index contributed by atoms with van der Waals surface area (Å²) < 4.78 is 6.27. The van der Waals surface area contributed by atoms with Crippen molar-refractivity contribution in [2.24, 2.45) is 5.92 Å². The number of ether oxygens (including phenoxy) is 1. The van der Waals surface area contributed by atoms with E-state index in [1.165, 1.54) is 87.0 Å². The highest BCUT2D eigenvalue weighted by molar-refractivity contribution is 5.91. The zero-order valence-electron chi connectivity index (χ0n) is 15.9. The molecule has 1 saturated carbocycles. The van der Waals surface area contributed by atoms with Crippen LogP contribution in [0.5, 0.6) is 5.75 Å². The molecule has 0 aromatic heterocycles. The predicted molar refractivity (Wildman–Crippen MR) is 108 cm³/mol. The lowest BCUT2D eigenvalue weighted by molar-refractivity contribution is 0.210. The van der Waals surface area contributed by atoms with E-state index in [1.54, 1.807) is 0 Å². The number of fused-ring (bicyclic) bond motifs is 1. The molecule has 0 unspecified atom stereocenters. The van der Waals surface area contributed by atoms with Crippen LogP contribution in [0.1, 0.15) is 76.7 Å². The first-order chi connectivity index (χ1) is 12.4. The van der Waals surface area contributed by atoms with Crippen LogP contribution in [-0.4, -0.2) is 6.61 Å². The molecular formula is C24H34O. The maximum absolute atomic E-state index is 6.27. The second-order valence-electron chi connectivity index (χ2n) is 7.75. The third kappa shape index (κ3) is 5.23. The Hall–Kier alpha value is -1.50. The standard InChI is InChI=1S/C24H34O/c1-2-3-4-5-9-14-21-17-18-24(23-16-11-10-15-22(21)23)25-19-20-12-7-6-8-13-20/h10-11,15-18,20H,2-9,12-14,19H2,1H3. The molecule has 2 aromatic rings. The normalized spacial score (nSPS) is 15.6. The lowest BCUT2D eigenvalue weighted by atomic mass is 9.90. The van der Waals surface area contributed by atoms with Crippen molar-refractivity contribution in [1.82, 2.24) is 0 Å². The molecule has 2 aromatic carbocycles. The summed E-state index contributed by atoms with van der Waals surface area (Å²) >= 11 is 0. The van der Waals surface area contributed by atoms with Gasteiger partial charge in [0.05, 0.1) is 6.61 Å². The fourth-order valence-corrected chi connectivity index (χ4v) is 4.16. The fourth-order valence-electron chi connectivity index (χ4n) is 4.16. The number of unbranched alkanes of at least 4 members (excludes halogenated alkanes) is 4. The second-order valence-corrected chi connectivity index (χ2v) is 7.75. The van der Waals surface area contributed by atoms with E-state index in [-0.39, 0.29) is 0 Å². The second kappa shape index (κ2) is 9.85. The van der Waals surface area contributed by atoms with Gasteiger partial charge in [-0.15, -0.1) is 0 Å². The lowest BCUT2D eigenvalue weighted by Gasteiger charge is -2.22. The van der Waals surface area contributed by atoms with E-state index in [9.17, 15) is 0 Å². The molecule has 0 spiro atoms. The molecule has 0 atom stereocenters. The Morgan fingerprint density at radius 2 is 1.60 bits per heavy atom. The van der Waals surface area contributed by atoms with Crippen LogP contribution in [0, 0.1) is 5.92 Å². The molecule has 1 nitrogen and oxygen atoms in total. The van der Waals surface area contributed by atoms with E-state index >= 15 is 0 Å². The summed E-state index contributed by atoms with van der Waals surface area (Å²) in [5, 5.41) is 2.68. The van der Waals surface area contributed by atoms with Gasteiger partial charge in [-0.25, -0.2) is 0 Å². The van der Waals surface area contributed by atoms with Gasteiger partial charge in [-0.2, -0.15) is 0 Å². The molecule has 1 heteroatoms. The zero-order valence-corrected chi connectivity index (χ0v) is 15.9. The van der Waals surface area contributed by atoms with Gasteiger partial charge in [0.15, 0.2) is 0 Å². The Balaban J connectivity index is 1.65. The Kier molecular flexibility index (Phi) is 7.21. The molecular weight excluding hydrogens is 304 g/mol. The van der Waals surface area contributed by atoms with Crippen molar-refractivity contribution in [2.45, 2.75) is 77.6 Å². The van der Waals surface area contributed by atoms with Crippen LogP contribution in [-0.2, 0) is 6.42 Å². The molecule has 0 aliphatic heterocycles. The molecule has 0 radical (unpaired) electrons. The van der Waals surface area contributed by atoms with Crippen molar-refractivity contribution < 1.29 is 4.74 Å². The monoisotopic (exact) mass is 338 g/mol. The molecule has 1 aliphatic carbocycles. The lowest BCUT2D eigenvalue weighted by Crippen LogP contribution is -2.15. The van der Waals surface area contributed by atoms with Gasteiger partial charge in [0.1, 0.15) is 5.75 Å². The SMILES string of the molecule is CCCCCCCc1ccc(OCC2CCCCC2)c2ccccc12. The van der Waals surface area contributed by atoms with Gasteiger partial charge in [-0.05, 0) is 48.6 Å². The third-order valence-corrected chi connectivity index (χ3v) is 5.72. The Morgan fingerprint density at radius 3 is 2.40 bits per heavy atom. The number of rotatable bonds is 9. The van der Waals surface area contributed by atoms with Crippen LogP contribution < -0.4 is 4.74 Å². The first-order valence-electron chi connectivity index (χ1n) is 10.5. The average Bonchev–Trinajstić information content (AvgIpc) is 2.67. The molecule has 0 bridgehead atoms. The van der Waals surface area contributed by atoms with Gasteiger partial charge in [-0.1, -0.05) is 82.2 Å². The van der Waals surface area contributed by atoms with Crippen LogP contribution in [0.2, 0.25) is 0 Å². The van der Waals surface area contributed by atoms with E-state index in [1.807, 2.05) is 0 Å². The minimum atomic E-state index is 0.755. The number of hydrogen-bond acceptors (Lipinski definition) is 1. The van der Waals surface area contributed by atoms with Gasteiger partial charge in [0.25, 0.3) is 0 Å². The van der Waals surface area contributed by atoms with E-state index in [0.29, 0.717) is 0 Å². The average molecular weight is 339 g/mol. The zero-order chi connectivity index (χ0) is 17.3. The van der Waals surface area contributed by atoms with Crippen LogP contribution >= 0.6 is 0 Å². The minimum Gasteiger partial charge on any atom is -0.493 e. The number of hydrogen-bond donors (Lipinski definition) is 0. The van der Waals surface area contributed by atoms with Crippen molar-refractivity contribution in [3.8, 4) is 5.75 Å². The molecule has 1 fully saturated rings. The number of benzene rings is 2. The fraction of sp³-hybridized carbons (Fsp3) is 0.583. The van der Waals surface area contributed by atoms with Crippen LogP contribution in [0.4, 0.5) is 0 Å². The van der Waals surface area contributed by atoms with E-state index in [0.717, 1.165) is 18.3 Å². The summed E-state index contributed by atoms with van der Waals surface area (Å²) in [5.41, 5.74) is 1.48. The van der Waals surface area contributed by atoms with Gasteiger partial charge in [0.2, 0.25) is 0 Å². The van der Waals surface area contributed by atoms with Crippen molar-refractivity contribution in [1.29, 1.82) is 0 Å². The Morgan fingerprint density at radius 1 is 0.840 bits per heavy atom. The van der Waals surface area contributed by atoms with Crippen molar-refractivity contribution >= 4 is 10.8 Å². The highest BCUT2D eigenvalue weighted by Gasteiger charge is 2.15. The summed E-state index contributed by atoms with van der Waals surface area (Å²) in [6.07, 6.45) is 14.7. The van der Waals surface area contributed by atoms with Gasteiger partial charge in [0, 0.05) is 5.39 Å². The summed E-state index contributed by atoms with van der Waals surface area (Å²) in [6.45, 7) is 3.17. The first-order valence-corrected chi connectivity index (χ1v) is 10.5. The summed E-state index contributed by atoms with van der Waals surface area (Å²) in [6, 6.07) is 13.3. The van der Waals surface area contributed by atoms with Gasteiger partial charge >= 0.3 is 0 Å². The topological polar surface area (TPSA) is 9.23 Å². The third-order valence-electron chi connectivity index (χ3n) is 5.72. The number of aryl methyl sites for hydroxylation is 1. The van der Waals surface area contributed by atoms with Crippen LogP contribution in [0.25, 0.3) is 10.8 Å². The van der Waals surface area contributed by atoms with E-state index in [2.05, 4.69) is 43.3 Å². The summed E-state index contributed by atoms with van der Waals surface area (Å²) in [7, 11) is 0. The van der Waals surface area contributed by atoms with Gasteiger partial charge in [-0.3, -0.25) is 0 Å². The molecule has 136 valence electrons. The highest BCUT2D eigenvalue weighted by Crippen LogP contribution is 2.31. The molecule has 0 heterocycles. The predicted octanol–water partition coefficient (Wildman–Crippen LogP) is 7.31. The van der Waals surface area contributed by atoms with Crippen molar-refractivity contribution in [2.75, 3.05) is 6.61 Å². The van der Waals surface area contributed by atoms with Crippen LogP contribution in [0.15, 0.2) is 36.4 Å². The van der Waals surface area contributed by atoms with Crippen molar-refractivity contribution in [3.63, 3.8) is 0 Å². The molecule has 25 heavy (non-hydrogen) atoms. The maximum Gasteiger partial charge on any atom is 0.127 e. The first kappa shape index (κ1) is 18.3. The highest BCUT2D eigenvalue weighted by atomic mass is 16.5. The molecule has 0 amide bonds. The van der Waals surface area contributed by atoms with E-state index in [4.69, 9.17) is 4.74 Å². The van der Waals surface area contributed by atoms with E-state index < -0.39 is 0 Å². The smallest absolute Gasteiger partial charge is 0.127 e. The Bertz CT molecular complexity index is 640. The van der Waals surface area contributed by atoms with Crippen LogP contribution in [0.3, 0.4) is 0 Å².